The third-order valence-electron chi connectivity index (χ3n) is 5.52. The molecule has 158 valence electrons. The lowest BCUT2D eigenvalue weighted by Crippen LogP contribution is -2.10. The molecule has 3 aromatic carbocycles. The molecule has 2 heterocycles. The SMILES string of the molecule is Cc1ccc(-n2nc3ccc(NC(=O)c4ccc(-c5ccc(C)c(C)c5)o4)cc3n2)cc1. The van der Waals surface area contributed by atoms with Crippen LogP contribution >= 0.6 is 0 Å². The molecule has 2 aromatic heterocycles. The highest BCUT2D eigenvalue weighted by molar-refractivity contribution is 6.03. The summed E-state index contributed by atoms with van der Waals surface area (Å²) >= 11 is 0. The van der Waals surface area contributed by atoms with Gasteiger partial charge in [0.25, 0.3) is 5.91 Å². The van der Waals surface area contributed by atoms with Crippen LogP contribution in [0.5, 0.6) is 0 Å². The second kappa shape index (κ2) is 7.81. The number of hydrogen-bond acceptors (Lipinski definition) is 4. The molecule has 0 spiro atoms. The van der Waals surface area contributed by atoms with E-state index in [0.717, 1.165) is 16.8 Å². The second-order valence-corrected chi connectivity index (χ2v) is 7.95. The number of hydrogen-bond donors (Lipinski definition) is 1. The van der Waals surface area contributed by atoms with Crippen molar-refractivity contribution >= 4 is 22.6 Å². The van der Waals surface area contributed by atoms with Crippen molar-refractivity contribution in [2.45, 2.75) is 20.8 Å². The molecule has 1 N–H and O–H groups in total. The van der Waals surface area contributed by atoms with Crippen molar-refractivity contribution in [3.63, 3.8) is 0 Å². The van der Waals surface area contributed by atoms with Crippen LogP contribution in [0.2, 0.25) is 0 Å². The predicted molar refractivity (Wildman–Crippen MR) is 125 cm³/mol. The Morgan fingerprint density at radius 3 is 2.38 bits per heavy atom. The Labute approximate surface area is 185 Å². The summed E-state index contributed by atoms with van der Waals surface area (Å²) in [5.74, 6) is 0.599. The Balaban J connectivity index is 1.36. The van der Waals surface area contributed by atoms with Crippen LogP contribution in [0.25, 0.3) is 28.0 Å². The number of aromatic nitrogens is 3. The van der Waals surface area contributed by atoms with E-state index in [1.807, 2.05) is 61.5 Å². The lowest BCUT2D eigenvalue weighted by Gasteiger charge is -2.04. The van der Waals surface area contributed by atoms with E-state index in [1.165, 1.54) is 16.7 Å². The zero-order valence-electron chi connectivity index (χ0n) is 18.1. The lowest BCUT2D eigenvalue weighted by molar-refractivity contribution is 0.0997. The van der Waals surface area contributed by atoms with Crippen molar-refractivity contribution in [1.29, 1.82) is 0 Å². The lowest BCUT2D eigenvalue weighted by atomic mass is 10.1. The topological polar surface area (TPSA) is 73.0 Å². The van der Waals surface area contributed by atoms with E-state index in [-0.39, 0.29) is 11.7 Å². The molecule has 6 heteroatoms. The number of rotatable bonds is 4. The third-order valence-corrected chi connectivity index (χ3v) is 5.52. The van der Waals surface area contributed by atoms with Crippen LogP contribution in [0.1, 0.15) is 27.2 Å². The van der Waals surface area contributed by atoms with Gasteiger partial charge in [-0.3, -0.25) is 4.79 Å². The van der Waals surface area contributed by atoms with Crippen LogP contribution in [0.15, 0.2) is 77.2 Å². The minimum Gasteiger partial charge on any atom is -0.451 e. The number of furan rings is 1. The van der Waals surface area contributed by atoms with Crippen LogP contribution in [0.3, 0.4) is 0 Å². The Hall–Kier alpha value is -4.19. The highest BCUT2D eigenvalue weighted by Crippen LogP contribution is 2.25. The van der Waals surface area contributed by atoms with Crippen molar-refractivity contribution < 1.29 is 9.21 Å². The monoisotopic (exact) mass is 422 g/mol. The molecule has 32 heavy (non-hydrogen) atoms. The fourth-order valence-electron chi connectivity index (χ4n) is 3.49. The molecule has 0 radical (unpaired) electrons. The van der Waals surface area contributed by atoms with Gasteiger partial charge in [0.1, 0.15) is 16.8 Å². The summed E-state index contributed by atoms with van der Waals surface area (Å²) in [4.78, 5) is 14.3. The number of fused-ring (bicyclic) bond motifs is 1. The van der Waals surface area contributed by atoms with Crippen molar-refractivity contribution in [1.82, 2.24) is 15.0 Å². The van der Waals surface area contributed by atoms with E-state index in [0.29, 0.717) is 17.0 Å². The summed E-state index contributed by atoms with van der Waals surface area (Å²) in [5, 5.41) is 11.9. The van der Waals surface area contributed by atoms with E-state index in [2.05, 4.69) is 35.4 Å². The fraction of sp³-hybridized carbons (Fsp3) is 0.115. The number of benzene rings is 3. The first kappa shape index (κ1) is 19.8. The molecular weight excluding hydrogens is 400 g/mol. The van der Waals surface area contributed by atoms with Crippen LogP contribution < -0.4 is 5.32 Å². The molecule has 0 fully saturated rings. The van der Waals surface area contributed by atoms with Crippen molar-refractivity contribution in [3.8, 4) is 17.0 Å². The first-order chi connectivity index (χ1) is 15.5. The zero-order valence-corrected chi connectivity index (χ0v) is 18.1. The number of carbonyl (C=O) groups is 1. The van der Waals surface area contributed by atoms with Gasteiger partial charge in [-0.2, -0.15) is 4.80 Å². The molecule has 6 nitrogen and oxygen atoms in total. The zero-order chi connectivity index (χ0) is 22.2. The number of carbonyl (C=O) groups excluding carboxylic acids is 1. The quantitative estimate of drug-likeness (QED) is 0.394. The molecule has 0 aliphatic rings. The van der Waals surface area contributed by atoms with E-state index < -0.39 is 0 Å². The number of amides is 1. The summed E-state index contributed by atoms with van der Waals surface area (Å²) in [6.07, 6.45) is 0. The molecule has 0 saturated heterocycles. The van der Waals surface area contributed by atoms with Gasteiger partial charge in [-0.1, -0.05) is 29.8 Å². The minimum absolute atomic E-state index is 0.252. The molecule has 0 aliphatic carbocycles. The van der Waals surface area contributed by atoms with Gasteiger partial charge in [0.05, 0.1) is 5.69 Å². The van der Waals surface area contributed by atoms with Crippen LogP contribution in [-0.2, 0) is 0 Å². The molecule has 0 bridgehead atoms. The molecule has 0 saturated carbocycles. The van der Waals surface area contributed by atoms with Crippen LogP contribution in [0.4, 0.5) is 5.69 Å². The average molecular weight is 422 g/mol. The van der Waals surface area contributed by atoms with Gasteiger partial charge in [0.15, 0.2) is 5.76 Å². The number of nitrogens with zero attached hydrogens (tertiary/aromatic N) is 3. The summed E-state index contributed by atoms with van der Waals surface area (Å²) in [7, 11) is 0. The van der Waals surface area contributed by atoms with Gasteiger partial charge in [-0.05, 0) is 80.4 Å². The van der Waals surface area contributed by atoms with Gasteiger partial charge in [-0.15, -0.1) is 10.2 Å². The van der Waals surface area contributed by atoms with Crippen molar-refractivity contribution in [2.75, 3.05) is 5.32 Å². The Kier molecular flexibility index (Phi) is 4.82. The van der Waals surface area contributed by atoms with Gasteiger partial charge in [-0.25, -0.2) is 0 Å². The third kappa shape index (κ3) is 3.78. The molecular formula is C26H22N4O2. The highest BCUT2D eigenvalue weighted by atomic mass is 16.3. The molecule has 5 rings (SSSR count). The van der Waals surface area contributed by atoms with Crippen molar-refractivity contribution in [3.05, 3.63) is 95.2 Å². The molecule has 0 unspecified atom stereocenters. The number of aryl methyl sites for hydroxylation is 3. The van der Waals surface area contributed by atoms with Crippen LogP contribution in [-0.4, -0.2) is 20.9 Å². The van der Waals surface area contributed by atoms with Crippen molar-refractivity contribution in [2.24, 2.45) is 0 Å². The average Bonchev–Trinajstić information content (AvgIpc) is 3.43. The summed E-state index contributed by atoms with van der Waals surface area (Å²) in [6.45, 7) is 6.16. The molecule has 1 amide bonds. The predicted octanol–water partition coefficient (Wildman–Crippen LogP) is 5.86. The largest absolute Gasteiger partial charge is 0.451 e. The van der Waals surface area contributed by atoms with Gasteiger partial charge in [0.2, 0.25) is 0 Å². The highest BCUT2D eigenvalue weighted by Gasteiger charge is 2.14. The molecule has 5 aromatic rings. The van der Waals surface area contributed by atoms with E-state index in [1.54, 1.807) is 16.9 Å². The summed E-state index contributed by atoms with van der Waals surface area (Å²) in [6, 6.07) is 23.0. The van der Waals surface area contributed by atoms with E-state index in [4.69, 9.17) is 4.42 Å². The molecule has 0 aliphatic heterocycles. The maximum absolute atomic E-state index is 12.7. The minimum atomic E-state index is -0.314. The summed E-state index contributed by atoms with van der Waals surface area (Å²) < 4.78 is 5.81. The number of anilines is 1. The fourth-order valence-corrected chi connectivity index (χ4v) is 3.49. The van der Waals surface area contributed by atoms with E-state index in [9.17, 15) is 4.79 Å². The number of nitrogens with one attached hydrogen (secondary N) is 1. The Bertz CT molecular complexity index is 1440. The van der Waals surface area contributed by atoms with Crippen LogP contribution in [0, 0.1) is 20.8 Å². The first-order valence-corrected chi connectivity index (χ1v) is 10.4. The normalized spacial score (nSPS) is 11.1. The Morgan fingerprint density at radius 2 is 1.59 bits per heavy atom. The maximum Gasteiger partial charge on any atom is 0.291 e. The van der Waals surface area contributed by atoms with Gasteiger partial charge >= 0.3 is 0 Å². The van der Waals surface area contributed by atoms with Gasteiger partial charge in [0, 0.05) is 11.3 Å². The standard InChI is InChI=1S/C26H22N4O2/c1-16-4-9-21(10-5-16)30-28-22-11-8-20(15-23(22)29-30)27-26(31)25-13-12-24(32-25)19-7-6-17(2)18(3)14-19/h4-15H,1-3H3,(H,27,31). The second-order valence-electron chi connectivity index (χ2n) is 7.95. The first-order valence-electron chi connectivity index (χ1n) is 10.4. The van der Waals surface area contributed by atoms with Gasteiger partial charge < -0.3 is 9.73 Å². The van der Waals surface area contributed by atoms with E-state index >= 15 is 0 Å². The summed E-state index contributed by atoms with van der Waals surface area (Å²) in [5.41, 5.74) is 7.46. The molecule has 0 atom stereocenters. The smallest absolute Gasteiger partial charge is 0.291 e. The maximum atomic E-state index is 12.7. The Morgan fingerprint density at radius 1 is 0.812 bits per heavy atom.